The van der Waals surface area contributed by atoms with E-state index in [0.717, 1.165) is 43.5 Å². The van der Waals surface area contributed by atoms with E-state index in [9.17, 15) is 9.90 Å². The van der Waals surface area contributed by atoms with Gasteiger partial charge in [0.25, 0.3) is 0 Å². The predicted molar refractivity (Wildman–Crippen MR) is 124 cm³/mol. The monoisotopic (exact) mass is 446 g/mol. The molecule has 3 aromatic rings. The zero-order valence-electron chi connectivity index (χ0n) is 18.4. The van der Waals surface area contributed by atoms with Crippen LogP contribution in [0.2, 0.25) is 0 Å². The minimum atomic E-state index is -0.395. The van der Waals surface area contributed by atoms with Crippen LogP contribution in [0.15, 0.2) is 43.0 Å². The van der Waals surface area contributed by atoms with Crippen LogP contribution in [0.4, 0.5) is 17.3 Å². The lowest BCUT2D eigenvalue weighted by Crippen LogP contribution is -2.39. The highest BCUT2D eigenvalue weighted by Gasteiger charge is 2.33. The number of hydrogen-bond donors (Lipinski definition) is 2. The summed E-state index contributed by atoms with van der Waals surface area (Å²) in [5, 5.41) is 13.4. The fourth-order valence-corrected chi connectivity index (χ4v) is 4.05. The number of ketones is 1. The second kappa shape index (κ2) is 9.11. The number of hydrogen-bond acceptors (Lipinski definition) is 9. The normalized spacial score (nSPS) is 18.1. The van der Waals surface area contributed by atoms with Gasteiger partial charge in [-0.15, -0.1) is 0 Å². The summed E-state index contributed by atoms with van der Waals surface area (Å²) in [5.74, 6) is 2.51. The fraction of sp³-hybridized carbons (Fsp3) is 0.375. The van der Waals surface area contributed by atoms with E-state index in [1.807, 2.05) is 12.1 Å². The lowest BCUT2D eigenvalue weighted by Gasteiger charge is -2.33. The average Bonchev–Trinajstić information content (AvgIpc) is 3.69. The molecule has 1 aliphatic heterocycles. The predicted octanol–water partition coefficient (Wildman–Crippen LogP) is 3.24. The molecule has 0 aromatic carbocycles. The number of methoxy groups -OCH3 is 1. The van der Waals surface area contributed by atoms with E-state index in [-0.39, 0.29) is 11.7 Å². The van der Waals surface area contributed by atoms with Gasteiger partial charge in [0.2, 0.25) is 0 Å². The third-order valence-corrected chi connectivity index (χ3v) is 5.95. The number of aromatic nitrogens is 4. The number of ether oxygens (including phenoxy) is 1. The number of rotatable bonds is 7. The van der Waals surface area contributed by atoms with Crippen LogP contribution in [-0.4, -0.2) is 57.1 Å². The van der Waals surface area contributed by atoms with Gasteiger partial charge in [-0.2, -0.15) is 0 Å². The molecule has 1 aliphatic carbocycles. The number of aliphatic hydroxyl groups is 1. The quantitative estimate of drug-likeness (QED) is 0.528. The van der Waals surface area contributed by atoms with E-state index >= 15 is 0 Å². The number of carbonyl (C=O) groups is 1. The van der Waals surface area contributed by atoms with Gasteiger partial charge >= 0.3 is 0 Å². The molecule has 2 aliphatic rings. The molecule has 0 spiro atoms. The third kappa shape index (κ3) is 4.78. The standard InChI is InChI=1S/C24H26N6O3/c1-33-18-9-16(11-25-12-18)24-26-7-6-21(29-24)28-22-10-20(30-8-2-3-17(31)14-30)19(13-27-22)23(32)15-4-5-15/h6-7,9-13,15,17,31H,2-5,8,14H2,1H3,(H,26,27,28,29)/t17-/m0/s1. The summed E-state index contributed by atoms with van der Waals surface area (Å²) in [5.41, 5.74) is 2.18. The van der Waals surface area contributed by atoms with Crippen molar-refractivity contribution in [2.24, 2.45) is 5.92 Å². The average molecular weight is 447 g/mol. The molecule has 5 rings (SSSR count). The molecule has 0 amide bonds. The number of carbonyl (C=O) groups excluding carboxylic acids is 1. The number of anilines is 3. The van der Waals surface area contributed by atoms with Gasteiger partial charge in [0.1, 0.15) is 17.4 Å². The van der Waals surface area contributed by atoms with E-state index in [1.165, 1.54) is 0 Å². The first-order valence-corrected chi connectivity index (χ1v) is 11.2. The van der Waals surface area contributed by atoms with Crippen LogP contribution in [0.3, 0.4) is 0 Å². The largest absolute Gasteiger partial charge is 0.495 e. The van der Waals surface area contributed by atoms with Crippen LogP contribution >= 0.6 is 0 Å². The van der Waals surface area contributed by atoms with Crippen molar-refractivity contribution in [3.05, 3.63) is 48.5 Å². The van der Waals surface area contributed by atoms with Gasteiger partial charge in [-0.3, -0.25) is 9.78 Å². The second-order valence-electron chi connectivity index (χ2n) is 8.47. The molecule has 2 N–H and O–H groups in total. The molecular formula is C24H26N6O3. The Morgan fingerprint density at radius 3 is 2.82 bits per heavy atom. The molecule has 0 radical (unpaired) electrons. The minimum absolute atomic E-state index is 0.0972. The third-order valence-electron chi connectivity index (χ3n) is 5.95. The molecule has 170 valence electrons. The lowest BCUT2D eigenvalue weighted by atomic mass is 10.0. The zero-order valence-corrected chi connectivity index (χ0v) is 18.4. The molecule has 1 saturated heterocycles. The maximum absolute atomic E-state index is 12.9. The molecule has 2 fully saturated rings. The molecule has 1 atom stereocenters. The first-order chi connectivity index (χ1) is 16.1. The smallest absolute Gasteiger partial charge is 0.169 e. The first kappa shape index (κ1) is 21.3. The van der Waals surface area contributed by atoms with Crippen LogP contribution < -0.4 is 15.0 Å². The van der Waals surface area contributed by atoms with Gasteiger partial charge in [0, 0.05) is 49.2 Å². The SMILES string of the molecule is COc1cncc(-c2nccc(Nc3cc(N4CCC[C@H](O)C4)c(C(=O)C4CC4)cn3)n2)c1. The van der Waals surface area contributed by atoms with Crippen molar-refractivity contribution >= 4 is 23.1 Å². The summed E-state index contributed by atoms with van der Waals surface area (Å²) in [6, 6.07) is 5.46. The molecule has 0 unspecified atom stereocenters. The Kier molecular flexibility index (Phi) is 5.87. The number of aliphatic hydroxyl groups excluding tert-OH is 1. The van der Waals surface area contributed by atoms with E-state index in [0.29, 0.717) is 35.3 Å². The highest BCUT2D eigenvalue weighted by molar-refractivity contribution is 6.04. The fourth-order valence-electron chi connectivity index (χ4n) is 4.05. The Hall–Kier alpha value is -3.59. The number of β-amino-alcohol motifs (C(OH)–C–C–N with tert-alkyl or cyclic N) is 1. The van der Waals surface area contributed by atoms with Gasteiger partial charge in [0.05, 0.1) is 30.7 Å². The van der Waals surface area contributed by atoms with E-state index in [4.69, 9.17) is 4.74 Å². The summed E-state index contributed by atoms with van der Waals surface area (Å²) < 4.78 is 5.24. The van der Waals surface area contributed by atoms with Gasteiger partial charge < -0.3 is 20.1 Å². The van der Waals surface area contributed by atoms with Crippen molar-refractivity contribution in [1.82, 2.24) is 19.9 Å². The Labute approximate surface area is 191 Å². The van der Waals surface area contributed by atoms with E-state index < -0.39 is 6.10 Å². The maximum atomic E-state index is 12.9. The van der Waals surface area contributed by atoms with Crippen molar-refractivity contribution in [2.75, 3.05) is 30.4 Å². The molecule has 33 heavy (non-hydrogen) atoms. The van der Waals surface area contributed by atoms with Crippen molar-refractivity contribution in [1.29, 1.82) is 0 Å². The van der Waals surface area contributed by atoms with Crippen LogP contribution in [0, 0.1) is 5.92 Å². The Morgan fingerprint density at radius 2 is 2.03 bits per heavy atom. The molecule has 0 bridgehead atoms. The molecule has 4 heterocycles. The van der Waals surface area contributed by atoms with Gasteiger partial charge in [-0.05, 0) is 37.8 Å². The molecule has 9 nitrogen and oxygen atoms in total. The summed E-state index contributed by atoms with van der Waals surface area (Å²) >= 11 is 0. The van der Waals surface area contributed by atoms with Crippen LogP contribution in [0.5, 0.6) is 5.75 Å². The maximum Gasteiger partial charge on any atom is 0.169 e. The van der Waals surface area contributed by atoms with Gasteiger partial charge in [0.15, 0.2) is 11.6 Å². The van der Waals surface area contributed by atoms with Crippen molar-refractivity contribution in [3.63, 3.8) is 0 Å². The number of piperidine rings is 1. The zero-order chi connectivity index (χ0) is 22.8. The van der Waals surface area contributed by atoms with Crippen LogP contribution in [0.1, 0.15) is 36.0 Å². The van der Waals surface area contributed by atoms with Crippen molar-refractivity contribution < 1.29 is 14.6 Å². The lowest BCUT2D eigenvalue weighted by molar-refractivity contribution is 0.0967. The molecule has 1 saturated carbocycles. The number of pyridine rings is 2. The summed E-state index contributed by atoms with van der Waals surface area (Å²) in [7, 11) is 1.59. The number of Topliss-reactive ketones (excluding diaryl/α,β-unsaturated/α-hetero) is 1. The Morgan fingerprint density at radius 1 is 1.15 bits per heavy atom. The number of nitrogens with zero attached hydrogens (tertiary/aromatic N) is 5. The summed E-state index contributed by atoms with van der Waals surface area (Å²) in [6.45, 7) is 1.31. The molecular weight excluding hydrogens is 420 g/mol. The first-order valence-electron chi connectivity index (χ1n) is 11.2. The van der Waals surface area contributed by atoms with Crippen molar-refractivity contribution in [2.45, 2.75) is 31.8 Å². The van der Waals surface area contributed by atoms with Crippen molar-refractivity contribution in [3.8, 4) is 17.1 Å². The molecule has 3 aromatic heterocycles. The summed E-state index contributed by atoms with van der Waals surface area (Å²) in [6.07, 6.45) is 9.75. The van der Waals surface area contributed by atoms with E-state index in [2.05, 4.69) is 30.2 Å². The Bertz CT molecular complexity index is 1170. The summed E-state index contributed by atoms with van der Waals surface area (Å²) in [4.78, 5) is 32.6. The molecule has 9 heteroatoms. The highest BCUT2D eigenvalue weighted by Crippen LogP contribution is 2.37. The van der Waals surface area contributed by atoms with Gasteiger partial charge in [-0.1, -0.05) is 0 Å². The van der Waals surface area contributed by atoms with Crippen LogP contribution in [-0.2, 0) is 0 Å². The topological polar surface area (TPSA) is 113 Å². The second-order valence-corrected chi connectivity index (χ2v) is 8.47. The van der Waals surface area contributed by atoms with Crippen LogP contribution in [0.25, 0.3) is 11.4 Å². The highest BCUT2D eigenvalue weighted by atomic mass is 16.5. The van der Waals surface area contributed by atoms with E-state index in [1.54, 1.807) is 38.0 Å². The van der Waals surface area contributed by atoms with Gasteiger partial charge in [-0.25, -0.2) is 15.0 Å². The Balaban J connectivity index is 1.43. The number of nitrogens with one attached hydrogen (secondary N) is 1. The minimum Gasteiger partial charge on any atom is -0.495 e.